The van der Waals surface area contributed by atoms with Crippen LogP contribution >= 0.6 is 0 Å². The van der Waals surface area contributed by atoms with E-state index in [4.69, 9.17) is 0 Å². The highest BCUT2D eigenvalue weighted by molar-refractivity contribution is 5.27. The maximum Gasteiger partial charge on any atom is 0.243 e. The Kier molecular flexibility index (Phi) is 5.81. The van der Waals surface area contributed by atoms with Gasteiger partial charge in [0, 0.05) is 25.7 Å². The van der Waals surface area contributed by atoms with Gasteiger partial charge >= 0.3 is 0 Å². The van der Waals surface area contributed by atoms with Crippen LogP contribution in [0.1, 0.15) is 63.8 Å². The van der Waals surface area contributed by atoms with Gasteiger partial charge in [0.25, 0.3) is 0 Å². The molecule has 0 aromatic carbocycles. The zero-order valence-electron chi connectivity index (χ0n) is 14.7. The SMILES string of the molecule is CCc1nnc(NC2CCN(CC3CCCC3)CC2)nc1CC. The molecule has 23 heavy (non-hydrogen) atoms. The summed E-state index contributed by atoms with van der Waals surface area (Å²) in [5, 5.41) is 12.1. The molecule has 0 radical (unpaired) electrons. The largest absolute Gasteiger partial charge is 0.350 e. The zero-order chi connectivity index (χ0) is 16.1. The minimum Gasteiger partial charge on any atom is -0.350 e. The molecule has 1 aliphatic heterocycles. The van der Waals surface area contributed by atoms with Crippen LogP contribution in [0.25, 0.3) is 0 Å². The van der Waals surface area contributed by atoms with Crippen LogP contribution < -0.4 is 5.32 Å². The fourth-order valence-electron chi connectivity index (χ4n) is 4.00. The lowest BCUT2D eigenvalue weighted by Crippen LogP contribution is -2.41. The Balaban J connectivity index is 1.48. The number of aromatic nitrogens is 3. The van der Waals surface area contributed by atoms with E-state index in [0.717, 1.165) is 30.1 Å². The summed E-state index contributed by atoms with van der Waals surface area (Å²) in [6.07, 6.45) is 9.99. The Labute approximate surface area is 140 Å². The van der Waals surface area contributed by atoms with Gasteiger partial charge in [-0.1, -0.05) is 26.7 Å². The summed E-state index contributed by atoms with van der Waals surface area (Å²) in [5.41, 5.74) is 2.12. The van der Waals surface area contributed by atoms with Crippen molar-refractivity contribution in [2.45, 2.75) is 71.3 Å². The summed E-state index contributed by atoms with van der Waals surface area (Å²) in [6.45, 7) is 7.97. The second-order valence-corrected chi connectivity index (χ2v) is 7.11. The Morgan fingerprint density at radius 3 is 2.30 bits per heavy atom. The maximum absolute atomic E-state index is 4.66. The molecule has 0 atom stereocenters. The van der Waals surface area contributed by atoms with E-state index in [1.807, 2.05) is 0 Å². The van der Waals surface area contributed by atoms with E-state index in [-0.39, 0.29) is 0 Å². The van der Waals surface area contributed by atoms with Crippen LogP contribution in [0.2, 0.25) is 0 Å². The number of piperidine rings is 1. The Morgan fingerprint density at radius 1 is 0.957 bits per heavy atom. The van der Waals surface area contributed by atoms with Crippen molar-refractivity contribution < 1.29 is 0 Å². The molecule has 2 heterocycles. The Bertz CT molecular complexity index is 490. The van der Waals surface area contributed by atoms with Gasteiger partial charge < -0.3 is 10.2 Å². The van der Waals surface area contributed by atoms with Gasteiger partial charge in [-0.25, -0.2) is 4.98 Å². The summed E-state index contributed by atoms with van der Waals surface area (Å²) in [6, 6.07) is 0.494. The molecule has 0 bridgehead atoms. The lowest BCUT2D eigenvalue weighted by Gasteiger charge is -2.33. The van der Waals surface area contributed by atoms with E-state index in [1.165, 1.54) is 58.2 Å². The molecule has 1 saturated carbocycles. The van der Waals surface area contributed by atoms with E-state index in [0.29, 0.717) is 12.0 Å². The van der Waals surface area contributed by atoms with Gasteiger partial charge in [0.2, 0.25) is 5.95 Å². The van der Waals surface area contributed by atoms with Crippen molar-refractivity contribution in [2.24, 2.45) is 5.92 Å². The van der Waals surface area contributed by atoms with Crippen molar-refractivity contribution in [1.82, 2.24) is 20.1 Å². The van der Waals surface area contributed by atoms with Crippen molar-refractivity contribution >= 4 is 5.95 Å². The van der Waals surface area contributed by atoms with Crippen molar-refractivity contribution in [2.75, 3.05) is 25.0 Å². The van der Waals surface area contributed by atoms with Crippen molar-refractivity contribution in [1.29, 1.82) is 0 Å². The van der Waals surface area contributed by atoms with Crippen molar-refractivity contribution in [3.63, 3.8) is 0 Å². The smallest absolute Gasteiger partial charge is 0.243 e. The number of nitrogens with one attached hydrogen (secondary N) is 1. The number of anilines is 1. The first-order chi connectivity index (χ1) is 11.3. The fourth-order valence-corrected chi connectivity index (χ4v) is 4.00. The molecule has 1 saturated heterocycles. The van der Waals surface area contributed by atoms with Crippen LogP contribution in [-0.4, -0.2) is 45.8 Å². The third kappa shape index (κ3) is 4.40. The minimum atomic E-state index is 0.494. The number of likely N-dealkylation sites (tertiary alicyclic amines) is 1. The summed E-state index contributed by atoms with van der Waals surface area (Å²) >= 11 is 0. The molecule has 128 valence electrons. The first-order valence-electron chi connectivity index (χ1n) is 9.49. The fraction of sp³-hybridized carbons (Fsp3) is 0.833. The van der Waals surface area contributed by atoms with Crippen LogP contribution in [0.3, 0.4) is 0 Å². The first-order valence-corrected chi connectivity index (χ1v) is 9.49. The van der Waals surface area contributed by atoms with Crippen molar-refractivity contribution in [3.8, 4) is 0 Å². The molecular formula is C18H31N5. The van der Waals surface area contributed by atoms with Gasteiger partial charge in [-0.05, 0) is 44.4 Å². The molecular weight excluding hydrogens is 286 g/mol. The number of aryl methyl sites for hydroxylation is 2. The van der Waals surface area contributed by atoms with Gasteiger partial charge in [0.15, 0.2) is 0 Å². The molecule has 2 aliphatic rings. The molecule has 0 unspecified atom stereocenters. The minimum absolute atomic E-state index is 0.494. The van der Waals surface area contributed by atoms with E-state index >= 15 is 0 Å². The molecule has 1 aromatic rings. The van der Waals surface area contributed by atoms with Gasteiger partial charge in [-0.2, -0.15) is 5.10 Å². The molecule has 1 aromatic heterocycles. The van der Waals surface area contributed by atoms with Crippen LogP contribution in [0, 0.1) is 5.92 Å². The average Bonchev–Trinajstić information content (AvgIpc) is 3.09. The molecule has 1 N–H and O–H groups in total. The van der Waals surface area contributed by atoms with Gasteiger partial charge in [0.1, 0.15) is 0 Å². The normalized spacial score (nSPS) is 21.0. The van der Waals surface area contributed by atoms with Crippen LogP contribution in [0.15, 0.2) is 0 Å². The molecule has 0 amide bonds. The Hall–Kier alpha value is -1.23. The highest BCUT2D eigenvalue weighted by Crippen LogP contribution is 2.26. The standard InChI is InChI=1S/C18H31N5/c1-3-16-17(4-2)21-22-18(20-16)19-15-9-11-23(12-10-15)13-14-7-5-6-8-14/h14-15H,3-13H2,1-2H3,(H,19,20,22). The lowest BCUT2D eigenvalue weighted by molar-refractivity contribution is 0.189. The van der Waals surface area contributed by atoms with Gasteiger partial charge in [-0.15, -0.1) is 5.10 Å². The van der Waals surface area contributed by atoms with E-state index in [1.54, 1.807) is 0 Å². The topological polar surface area (TPSA) is 53.9 Å². The highest BCUT2D eigenvalue weighted by atomic mass is 15.3. The molecule has 0 spiro atoms. The number of hydrogen-bond donors (Lipinski definition) is 1. The van der Waals surface area contributed by atoms with E-state index in [2.05, 4.69) is 39.2 Å². The predicted octanol–water partition coefficient (Wildman–Crippen LogP) is 3.06. The maximum atomic E-state index is 4.66. The number of nitrogens with zero attached hydrogens (tertiary/aromatic N) is 4. The summed E-state index contributed by atoms with van der Waals surface area (Å²) in [5.74, 6) is 1.68. The van der Waals surface area contributed by atoms with Crippen LogP contribution in [0.4, 0.5) is 5.95 Å². The number of rotatable bonds is 6. The molecule has 5 nitrogen and oxygen atoms in total. The second kappa shape index (κ2) is 8.04. The van der Waals surface area contributed by atoms with Gasteiger partial charge in [-0.3, -0.25) is 0 Å². The lowest BCUT2D eigenvalue weighted by atomic mass is 10.0. The van der Waals surface area contributed by atoms with E-state index in [9.17, 15) is 0 Å². The zero-order valence-corrected chi connectivity index (χ0v) is 14.7. The molecule has 5 heteroatoms. The predicted molar refractivity (Wildman–Crippen MR) is 93.6 cm³/mol. The molecule has 1 aliphatic carbocycles. The highest BCUT2D eigenvalue weighted by Gasteiger charge is 2.24. The monoisotopic (exact) mass is 317 g/mol. The summed E-state index contributed by atoms with van der Waals surface area (Å²) in [4.78, 5) is 7.32. The van der Waals surface area contributed by atoms with Crippen LogP contribution in [0.5, 0.6) is 0 Å². The third-order valence-corrected chi connectivity index (χ3v) is 5.42. The average molecular weight is 317 g/mol. The summed E-state index contributed by atoms with van der Waals surface area (Å²) < 4.78 is 0. The van der Waals surface area contributed by atoms with E-state index < -0.39 is 0 Å². The number of hydrogen-bond acceptors (Lipinski definition) is 5. The third-order valence-electron chi connectivity index (χ3n) is 5.42. The summed E-state index contributed by atoms with van der Waals surface area (Å²) in [7, 11) is 0. The quantitative estimate of drug-likeness (QED) is 0.874. The molecule has 3 rings (SSSR count). The van der Waals surface area contributed by atoms with Crippen LogP contribution in [-0.2, 0) is 12.8 Å². The van der Waals surface area contributed by atoms with Crippen molar-refractivity contribution in [3.05, 3.63) is 11.4 Å². The second-order valence-electron chi connectivity index (χ2n) is 7.11. The molecule has 2 fully saturated rings. The Morgan fingerprint density at radius 2 is 1.65 bits per heavy atom. The first kappa shape index (κ1) is 16.6. The van der Waals surface area contributed by atoms with Gasteiger partial charge in [0.05, 0.1) is 11.4 Å².